The first-order chi connectivity index (χ1) is 10.8. The van der Waals surface area contributed by atoms with Crippen LogP contribution in [0.25, 0.3) is 11.8 Å². The summed E-state index contributed by atoms with van der Waals surface area (Å²) in [6.07, 6.45) is 2.06. The van der Waals surface area contributed by atoms with Gasteiger partial charge in [0.05, 0.1) is 0 Å². The van der Waals surface area contributed by atoms with Crippen LogP contribution in [0.2, 0.25) is 0 Å². The van der Waals surface area contributed by atoms with Crippen LogP contribution in [0.5, 0.6) is 5.75 Å². The van der Waals surface area contributed by atoms with E-state index in [1.54, 1.807) is 0 Å². The number of benzene rings is 3. The van der Waals surface area contributed by atoms with Gasteiger partial charge in [-0.2, -0.15) is 0 Å². The summed E-state index contributed by atoms with van der Waals surface area (Å²) in [5.41, 5.74) is 3.40. The van der Waals surface area contributed by atoms with Crippen LogP contribution in [0.1, 0.15) is 16.7 Å². The van der Waals surface area contributed by atoms with E-state index >= 15 is 0 Å². The molecule has 0 aliphatic rings. The molecular formula is C21H18O. The lowest BCUT2D eigenvalue weighted by atomic mass is 10.1. The topological polar surface area (TPSA) is 9.23 Å². The second-order valence-electron chi connectivity index (χ2n) is 5.20. The Labute approximate surface area is 131 Å². The summed E-state index contributed by atoms with van der Waals surface area (Å²) >= 11 is 0. The Morgan fingerprint density at radius 3 is 1.95 bits per heavy atom. The van der Waals surface area contributed by atoms with Crippen molar-refractivity contribution in [3.8, 4) is 5.75 Å². The molecule has 3 rings (SSSR count). The quantitative estimate of drug-likeness (QED) is 0.450. The Balaban J connectivity index is 1.96. The number of ether oxygens (including phenoxy) is 1. The molecule has 22 heavy (non-hydrogen) atoms. The number of hydrogen-bond acceptors (Lipinski definition) is 1. The molecule has 3 aromatic rings. The normalized spacial score (nSPS) is 11.2. The molecule has 0 amide bonds. The van der Waals surface area contributed by atoms with E-state index < -0.39 is 0 Å². The molecule has 0 aliphatic heterocycles. The van der Waals surface area contributed by atoms with Crippen molar-refractivity contribution >= 4 is 11.8 Å². The summed E-state index contributed by atoms with van der Waals surface area (Å²) in [6.45, 7) is 2.07. The first-order valence-corrected chi connectivity index (χ1v) is 7.38. The average Bonchev–Trinajstić information content (AvgIpc) is 2.58. The van der Waals surface area contributed by atoms with Crippen LogP contribution >= 0.6 is 0 Å². The summed E-state index contributed by atoms with van der Waals surface area (Å²) in [4.78, 5) is 0. The molecule has 0 aliphatic carbocycles. The fourth-order valence-corrected chi connectivity index (χ4v) is 2.21. The summed E-state index contributed by atoms with van der Waals surface area (Å²) < 4.78 is 6.12. The number of hydrogen-bond donors (Lipinski definition) is 0. The third-order valence-electron chi connectivity index (χ3n) is 3.40. The van der Waals surface area contributed by atoms with Gasteiger partial charge >= 0.3 is 0 Å². The summed E-state index contributed by atoms with van der Waals surface area (Å²) in [5, 5.41) is 0. The monoisotopic (exact) mass is 286 g/mol. The lowest BCUT2D eigenvalue weighted by Gasteiger charge is -2.11. The lowest BCUT2D eigenvalue weighted by Crippen LogP contribution is -1.95. The Bertz CT molecular complexity index is 741. The van der Waals surface area contributed by atoms with Gasteiger partial charge in [-0.05, 0) is 30.7 Å². The van der Waals surface area contributed by atoms with Crippen molar-refractivity contribution in [3.63, 3.8) is 0 Å². The highest BCUT2D eigenvalue weighted by atomic mass is 16.5. The molecule has 0 N–H and O–H groups in total. The third-order valence-corrected chi connectivity index (χ3v) is 3.40. The molecule has 0 aromatic heterocycles. The maximum atomic E-state index is 6.12. The van der Waals surface area contributed by atoms with Crippen LogP contribution < -0.4 is 4.74 Å². The van der Waals surface area contributed by atoms with Crippen LogP contribution in [0, 0.1) is 6.92 Å². The highest BCUT2D eigenvalue weighted by Gasteiger charge is 2.05. The molecule has 0 saturated carbocycles. The maximum absolute atomic E-state index is 6.12. The first kappa shape index (κ1) is 14.2. The molecule has 0 bridgehead atoms. The van der Waals surface area contributed by atoms with Crippen molar-refractivity contribution in [1.29, 1.82) is 0 Å². The molecule has 3 aromatic carbocycles. The predicted octanol–water partition coefficient (Wildman–Crippen LogP) is 5.57. The second-order valence-corrected chi connectivity index (χ2v) is 5.20. The van der Waals surface area contributed by atoms with E-state index in [1.165, 1.54) is 5.56 Å². The molecule has 108 valence electrons. The third kappa shape index (κ3) is 3.64. The van der Waals surface area contributed by atoms with E-state index in [-0.39, 0.29) is 0 Å². The maximum Gasteiger partial charge on any atom is 0.135 e. The van der Waals surface area contributed by atoms with Gasteiger partial charge in [-0.25, -0.2) is 0 Å². The van der Waals surface area contributed by atoms with Gasteiger partial charge in [0.2, 0.25) is 0 Å². The fraction of sp³-hybridized carbons (Fsp3) is 0.0476. The van der Waals surface area contributed by atoms with Crippen molar-refractivity contribution in [2.24, 2.45) is 0 Å². The summed E-state index contributed by atoms with van der Waals surface area (Å²) in [6, 6.07) is 28.5. The van der Waals surface area contributed by atoms with Crippen LogP contribution in [0.15, 0.2) is 84.9 Å². The van der Waals surface area contributed by atoms with Crippen molar-refractivity contribution in [1.82, 2.24) is 0 Å². The Morgan fingerprint density at radius 2 is 1.32 bits per heavy atom. The van der Waals surface area contributed by atoms with Crippen molar-refractivity contribution in [2.45, 2.75) is 6.92 Å². The standard InChI is InChI=1S/C21H18O/c1-17-12-14-20(15-13-17)22-21(19-10-6-3-7-11-19)16-18-8-4-2-5-9-18/h2-16H,1H3. The Morgan fingerprint density at radius 1 is 0.727 bits per heavy atom. The van der Waals surface area contributed by atoms with Crippen LogP contribution in [-0.2, 0) is 0 Å². The second kappa shape index (κ2) is 6.77. The van der Waals surface area contributed by atoms with Crippen LogP contribution in [0.3, 0.4) is 0 Å². The van der Waals surface area contributed by atoms with E-state index in [2.05, 4.69) is 49.4 Å². The van der Waals surface area contributed by atoms with Gasteiger partial charge in [0.15, 0.2) is 0 Å². The minimum absolute atomic E-state index is 0.843. The molecule has 1 heteroatoms. The molecular weight excluding hydrogens is 268 g/mol. The SMILES string of the molecule is Cc1ccc(OC(=Cc2ccccc2)c2ccccc2)cc1. The molecule has 0 radical (unpaired) electrons. The van der Waals surface area contributed by atoms with Crippen molar-refractivity contribution in [2.75, 3.05) is 0 Å². The molecule has 0 atom stereocenters. The molecule has 0 unspecified atom stereocenters. The Hall–Kier alpha value is -2.80. The molecule has 0 heterocycles. The van der Waals surface area contributed by atoms with Gasteiger partial charge in [0.25, 0.3) is 0 Å². The molecule has 0 fully saturated rings. The van der Waals surface area contributed by atoms with Gasteiger partial charge in [0.1, 0.15) is 11.5 Å². The number of aryl methyl sites for hydroxylation is 1. The van der Waals surface area contributed by atoms with Gasteiger partial charge in [-0.3, -0.25) is 0 Å². The average molecular weight is 286 g/mol. The molecule has 1 nitrogen and oxygen atoms in total. The van der Waals surface area contributed by atoms with Crippen molar-refractivity contribution in [3.05, 3.63) is 102 Å². The lowest BCUT2D eigenvalue weighted by molar-refractivity contribution is 0.518. The highest BCUT2D eigenvalue weighted by molar-refractivity contribution is 5.78. The molecule has 0 spiro atoms. The van der Waals surface area contributed by atoms with E-state index in [4.69, 9.17) is 4.74 Å². The van der Waals surface area contributed by atoms with Crippen LogP contribution in [0.4, 0.5) is 0 Å². The summed E-state index contributed by atoms with van der Waals surface area (Å²) in [5.74, 6) is 1.69. The summed E-state index contributed by atoms with van der Waals surface area (Å²) in [7, 11) is 0. The smallest absolute Gasteiger partial charge is 0.135 e. The van der Waals surface area contributed by atoms with Gasteiger partial charge in [-0.1, -0.05) is 78.4 Å². The zero-order chi connectivity index (χ0) is 15.2. The van der Waals surface area contributed by atoms with Gasteiger partial charge in [-0.15, -0.1) is 0 Å². The van der Waals surface area contributed by atoms with E-state index in [1.807, 2.05) is 48.5 Å². The minimum Gasteiger partial charge on any atom is -0.457 e. The van der Waals surface area contributed by atoms with Gasteiger partial charge < -0.3 is 4.74 Å². The van der Waals surface area contributed by atoms with Crippen LogP contribution in [-0.4, -0.2) is 0 Å². The minimum atomic E-state index is 0.843. The van der Waals surface area contributed by atoms with E-state index in [9.17, 15) is 0 Å². The molecule has 0 saturated heterocycles. The predicted molar refractivity (Wildman–Crippen MR) is 92.6 cm³/mol. The fourth-order valence-electron chi connectivity index (χ4n) is 2.21. The van der Waals surface area contributed by atoms with E-state index in [0.717, 1.165) is 22.6 Å². The number of rotatable bonds is 4. The van der Waals surface area contributed by atoms with Gasteiger partial charge in [0, 0.05) is 5.56 Å². The zero-order valence-electron chi connectivity index (χ0n) is 12.6. The largest absolute Gasteiger partial charge is 0.457 e. The highest BCUT2D eigenvalue weighted by Crippen LogP contribution is 2.23. The first-order valence-electron chi connectivity index (χ1n) is 7.38. The van der Waals surface area contributed by atoms with E-state index in [0.29, 0.717) is 0 Å². The van der Waals surface area contributed by atoms with Crippen molar-refractivity contribution < 1.29 is 4.74 Å². The Kier molecular flexibility index (Phi) is 4.35. The zero-order valence-corrected chi connectivity index (χ0v) is 12.6.